The van der Waals surface area contributed by atoms with Gasteiger partial charge >= 0.3 is 0 Å². The number of benzene rings is 1. The lowest BCUT2D eigenvalue weighted by Crippen LogP contribution is -2.35. The Bertz CT molecular complexity index is 784. The summed E-state index contributed by atoms with van der Waals surface area (Å²) in [5.41, 5.74) is 2.09. The first-order valence-corrected chi connectivity index (χ1v) is 7.98. The number of anilines is 1. The zero-order valence-corrected chi connectivity index (χ0v) is 12.9. The van der Waals surface area contributed by atoms with E-state index in [9.17, 15) is 0 Å². The van der Waals surface area contributed by atoms with E-state index in [2.05, 4.69) is 33.3 Å². The number of rotatable bonds is 2. The summed E-state index contributed by atoms with van der Waals surface area (Å²) < 4.78 is 0. The van der Waals surface area contributed by atoms with Gasteiger partial charge in [-0.05, 0) is 37.1 Å². The molecule has 22 heavy (non-hydrogen) atoms. The summed E-state index contributed by atoms with van der Waals surface area (Å²) in [7, 11) is 0. The Morgan fingerprint density at radius 2 is 2.14 bits per heavy atom. The summed E-state index contributed by atoms with van der Waals surface area (Å²) in [5.74, 6) is 1.49. The molecule has 2 aromatic heterocycles. The van der Waals surface area contributed by atoms with Crippen molar-refractivity contribution < 1.29 is 0 Å². The summed E-state index contributed by atoms with van der Waals surface area (Å²) in [4.78, 5) is 7.13. The fourth-order valence-corrected chi connectivity index (χ4v) is 3.43. The third-order valence-electron chi connectivity index (χ3n) is 4.36. The van der Waals surface area contributed by atoms with Gasteiger partial charge in [-0.2, -0.15) is 5.10 Å². The second kappa shape index (κ2) is 5.61. The molecule has 0 bridgehead atoms. The lowest BCUT2D eigenvalue weighted by molar-refractivity contribution is 0.498. The molecule has 5 heteroatoms. The summed E-state index contributed by atoms with van der Waals surface area (Å²) in [6.45, 7) is 2.00. The zero-order valence-electron chi connectivity index (χ0n) is 12.2. The van der Waals surface area contributed by atoms with E-state index in [0.29, 0.717) is 10.9 Å². The third-order valence-corrected chi connectivity index (χ3v) is 4.67. The maximum atomic E-state index is 6.28. The summed E-state index contributed by atoms with van der Waals surface area (Å²) >= 11 is 6.28. The number of hydrogen-bond donors (Lipinski definition) is 1. The molecule has 1 atom stereocenters. The number of halogens is 1. The first kappa shape index (κ1) is 13.6. The second-order valence-corrected chi connectivity index (χ2v) is 6.19. The van der Waals surface area contributed by atoms with E-state index in [-0.39, 0.29) is 0 Å². The van der Waals surface area contributed by atoms with E-state index in [4.69, 9.17) is 16.6 Å². The smallest absolute Gasteiger partial charge is 0.129 e. The van der Waals surface area contributed by atoms with Crippen LogP contribution in [0.25, 0.3) is 10.9 Å². The number of nitrogens with zero attached hydrogens (tertiary/aromatic N) is 3. The van der Waals surface area contributed by atoms with Gasteiger partial charge in [-0.15, -0.1) is 0 Å². The van der Waals surface area contributed by atoms with Crippen LogP contribution in [0.2, 0.25) is 5.02 Å². The fourth-order valence-electron chi connectivity index (χ4n) is 3.21. The molecule has 1 saturated heterocycles. The Hall–Kier alpha value is -2.07. The van der Waals surface area contributed by atoms with Crippen molar-refractivity contribution in [3.05, 3.63) is 53.3 Å². The largest absolute Gasteiger partial charge is 0.356 e. The van der Waals surface area contributed by atoms with E-state index >= 15 is 0 Å². The van der Waals surface area contributed by atoms with Crippen molar-refractivity contribution in [3.8, 4) is 0 Å². The van der Waals surface area contributed by atoms with E-state index < -0.39 is 0 Å². The van der Waals surface area contributed by atoms with Gasteiger partial charge in [0.2, 0.25) is 0 Å². The molecule has 4 nitrogen and oxygen atoms in total. The number of para-hydroxylation sites is 1. The van der Waals surface area contributed by atoms with E-state index in [1.807, 2.05) is 24.4 Å². The summed E-state index contributed by atoms with van der Waals surface area (Å²) in [5, 5.41) is 8.96. The quantitative estimate of drug-likeness (QED) is 0.778. The molecule has 1 aliphatic rings. The first-order valence-electron chi connectivity index (χ1n) is 7.61. The minimum Gasteiger partial charge on any atom is -0.356 e. The lowest BCUT2D eigenvalue weighted by Gasteiger charge is -2.33. The SMILES string of the molecule is Clc1cccc2ccc(N3CCC[C@@H](c4ccn[nH]4)C3)nc12. The first-order chi connectivity index (χ1) is 10.8. The van der Waals surface area contributed by atoms with Gasteiger partial charge in [0.05, 0.1) is 10.5 Å². The van der Waals surface area contributed by atoms with Crippen LogP contribution in [-0.4, -0.2) is 28.3 Å². The molecule has 0 saturated carbocycles. The molecule has 1 aromatic carbocycles. The minimum atomic E-state index is 0.486. The van der Waals surface area contributed by atoms with Crippen LogP contribution >= 0.6 is 11.6 Å². The van der Waals surface area contributed by atoms with Gasteiger partial charge in [-0.1, -0.05) is 23.7 Å². The molecule has 3 aromatic rings. The standard InChI is InChI=1S/C17H17ClN4/c18-14-5-1-3-12-6-7-16(20-17(12)14)22-10-2-4-13(11-22)15-8-9-19-21-15/h1,3,5-9,13H,2,4,10-11H2,(H,19,21)/t13-/m1/s1. The van der Waals surface area contributed by atoms with Gasteiger partial charge < -0.3 is 4.90 Å². The number of hydrogen-bond acceptors (Lipinski definition) is 3. The monoisotopic (exact) mass is 312 g/mol. The van der Waals surface area contributed by atoms with Crippen molar-refractivity contribution in [2.45, 2.75) is 18.8 Å². The number of nitrogens with one attached hydrogen (secondary N) is 1. The highest BCUT2D eigenvalue weighted by atomic mass is 35.5. The number of pyridine rings is 1. The number of aromatic nitrogens is 3. The Labute approximate surface area is 134 Å². The van der Waals surface area contributed by atoms with Crippen molar-refractivity contribution in [3.63, 3.8) is 0 Å². The molecule has 1 N–H and O–H groups in total. The summed E-state index contributed by atoms with van der Waals surface area (Å²) in [6, 6.07) is 12.2. The van der Waals surface area contributed by atoms with Gasteiger partial charge in [-0.25, -0.2) is 4.98 Å². The highest BCUT2D eigenvalue weighted by molar-refractivity contribution is 6.35. The molecular weight excluding hydrogens is 296 g/mol. The van der Waals surface area contributed by atoms with Crippen molar-refractivity contribution in [2.75, 3.05) is 18.0 Å². The normalized spacial score (nSPS) is 18.8. The molecule has 0 unspecified atom stereocenters. The van der Waals surface area contributed by atoms with E-state index in [0.717, 1.165) is 36.2 Å². The summed E-state index contributed by atoms with van der Waals surface area (Å²) in [6.07, 6.45) is 4.17. The number of H-pyrrole nitrogens is 1. The average molecular weight is 313 g/mol. The van der Waals surface area contributed by atoms with Crippen LogP contribution in [-0.2, 0) is 0 Å². The predicted octanol–water partition coefficient (Wildman–Crippen LogP) is 4.00. The second-order valence-electron chi connectivity index (χ2n) is 5.78. The van der Waals surface area contributed by atoms with Crippen LogP contribution in [0.3, 0.4) is 0 Å². The topological polar surface area (TPSA) is 44.8 Å². The number of aromatic amines is 1. The van der Waals surface area contributed by atoms with E-state index in [1.54, 1.807) is 0 Å². The molecule has 0 radical (unpaired) electrons. The molecular formula is C17H17ClN4. The Kier molecular flexibility index (Phi) is 3.47. The maximum Gasteiger partial charge on any atom is 0.129 e. The fraction of sp³-hybridized carbons (Fsp3) is 0.294. The van der Waals surface area contributed by atoms with Gasteiger partial charge in [0.1, 0.15) is 5.82 Å². The highest BCUT2D eigenvalue weighted by Gasteiger charge is 2.23. The van der Waals surface area contributed by atoms with Crippen LogP contribution in [0.1, 0.15) is 24.5 Å². The van der Waals surface area contributed by atoms with Crippen molar-refractivity contribution >= 4 is 28.3 Å². The third kappa shape index (κ3) is 2.44. The molecule has 1 aliphatic heterocycles. The molecule has 0 spiro atoms. The van der Waals surface area contributed by atoms with Gasteiger partial charge in [0, 0.05) is 36.3 Å². The average Bonchev–Trinajstić information content (AvgIpc) is 3.10. The van der Waals surface area contributed by atoms with Gasteiger partial charge in [0.25, 0.3) is 0 Å². The van der Waals surface area contributed by atoms with E-state index in [1.165, 1.54) is 12.1 Å². The van der Waals surface area contributed by atoms with Gasteiger partial charge in [-0.3, -0.25) is 5.10 Å². The molecule has 112 valence electrons. The van der Waals surface area contributed by atoms with Crippen LogP contribution < -0.4 is 4.90 Å². The molecule has 1 fully saturated rings. The minimum absolute atomic E-state index is 0.486. The van der Waals surface area contributed by atoms with Crippen LogP contribution in [0.5, 0.6) is 0 Å². The van der Waals surface area contributed by atoms with Crippen molar-refractivity contribution in [2.24, 2.45) is 0 Å². The predicted molar refractivity (Wildman–Crippen MR) is 89.5 cm³/mol. The zero-order chi connectivity index (χ0) is 14.9. The number of piperidine rings is 1. The molecule has 0 aliphatic carbocycles. The Morgan fingerprint density at radius 1 is 1.18 bits per heavy atom. The molecule has 4 rings (SSSR count). The Balaban J connectivity index is 1.65. The molecule has 3 heterocycles. The molecule has 0 amide bonds. The van der Waals surface area contributed by atoms with Crippen molar-refractivity contribution in [1.82, 2.24) is 15.2 Å². The van der Waals surface area contributed by atoms with Gasteiger partial charge in [0.15, 0.2) is 0 Å². The van der Waals surface area contributed by atoms with Crippen LogP contribution in [0.4, 0.5) is 5.82 Å². The Morgan fingerprint density at radius 3 is 3.00 bits per heavy atom. The number of fused-ring (bicyclic) bond motifs is 1. The highest BCUT2D eigenvalue weighted by Crippen LogP contribution is 2.30. The van der Waals surface area contributed by atoms with Crippen LogP contribution in [0, 0.1) is 0 Å². The van der Waals surface area contributed by atoms with Crippen molar-refractivity contribution in [1.29, 1.82) is 0 Å². The maximum absolute atomic E-state index is 6.28. The lowest BCUT2D eigenvalue weighted by atomic mass is 9.95. The van der Waals surface area contributed by atoms with Crippen LogP contribution in [0.15, 0.2) is 42.6 Å².